The minimum absolute atomic E-state index is 0.363. The summed E-state index contributed by atoms with van der Waals surface area (Å²) < 4.78 is 7.64. The van der Waals surface area contributed by atoms with E-state index in [4.69, 9.17) is 16.1 Å². The van der Waals surface area contributed by atoms with E-state index in [1.165, 1.54) is 12.8 Å². The van der Waals surface area contributed by atoms with Crippen LogP contribution in [0.3, 0.4) is 0 Å². The number of hydrogen-bond acceptors (Lipinski definition) is 6. The first-order chi connectivity index (χ1) is 12.1. The molecule has 1 aliphatic carbocycles. The van der Waals surface area contributed by atoms with Gasteiger partial charge in [-0.1, -0.05) is 42.4 Å². The molecule has 3 aromatic rings. The maximum Gasteiger partial charge on any atom is 0.237 e. The summed E-state index contributed by atoms with van der Waals surface area (Å²) >= 11 is 7.50. The molecular weight excluding hydrogens is 358 g/mol. The van der Waals surface area contributed by atoms with Gasteiger partial charge in [-0.05, 0) is 37.1 Å². The van der Waals surface area contributed by atoms with Crippen LogP contribution in [-0.4, -0.2) is 24.9 Å². The summed E-state index contributed by atoms with van der Waals surface area (Å²) in [6.07, 6.45) is 2.40. The van der Waals surface area contributed by atoms with E-state index in [0.717, 1.165) is 16.5 Å². The fourth-order valence-corrected chi connectivity index (χ4v) is 3.59. The van der Waals surface area contributed by atoms with E-state index < -0.39 is 0 Å². The van der Waals surface area contributed by atoms with Crippen LogP contribution in [0.15, 0.2) is 33.9 Å². The average Bonchev–Trinajstić information content (AvgIpc) is 3.17. The molecule has 0 bridgehead atoms. The lowest BCUT2D eigenvalue weighted by Gasteiger charge is -2.09. The number of hydrogen-bond donors (Lipinski definition) is 0. The van der Waals surface area contributed by atoms with E-state index in [1.807, 2.05) is 24.3 Å². The Morgan fingerprint density at radius 3 is 2.68 bits per heavy atom. The van der Waals surface area contributed by atoms with Gasteiger partial charge in [0.1, 0.15) is 5.82 Å². The normalized spacial score (nSPS) is 14.4. The molecule has 4 rings (SSSR count). The number of benzene rings is 1. The van der Waals surface area contributed by atoms with Crippen molar-refractivity contribution in [1.29, 1.82) is 0 Å². The minimum atomic E-state index is 0.363. The molecule has 1 fully saturated rings. The smallest absolute Gasteiger partial charge is 0.237 e. The Labute approximate surface area is 155 Å². The van der Waals surface area contributed by atoms with E-state index >= 15 is 0 Å². The predicted molar refractivity (Wildman–Crippen MR) is 96.7 cm³/mol. The fourth-order valence-electron chi connectivity index (χ4n) is 2.61. The van der Waals surface area contributed by atoms with Gasteiger partial charge in [0, 0.05) is 22.5 Å². The zero-order chi connectivity index (χ0) is 17.4. The molecule has 0 radical (unpaired) electrons. The third kappa shape index (κ3) is 3.57. The summed E-state index contributed by atoms with van der Waals surface area (Å²) in [6.45, 7) is 4.29. The molecule has 0 N–H and O–H groups in total. The summed E-state index contributed by atoms with van der Waals surface area (Å²) in [4.78, 5) is 4.46. The van der Waals surface area contributed by atoms with Crippen molar-refractivity contribution in [3.8, 4) is 11.4 Å². The highest BCUT2D eigenvalue weighted by molar-refractivity contribution is 7.98. The molecule has 0 atom stereocenters. The van der Waals surface area contributed by atoms with Crippen molar-refractivity contribution in [2.24, 2.45) is 0 Å². The number of rotatable bonds is 6. The maximum absolute atomic E-state index is 5.91. The van der Waals surface area contributed by atoms with Crippen LogP contribution in [0.5, 0.6) is 0 Å². The highest BCUT2D eigenvalue weighted by Gasteiger charge is 2.30. The minimum Gasteiger partial charge on any atom is -0.338 e. The van der Waals surface area contributed by atoms with Crippen molar-refractivity contribution >= 4 is 23.4 Å². The molecule has 0 spiro atoms. The van der Waals surface area contributed by atoms with Crippen LogP contribution in [0, 0.1) is 0 Å². The summed E-state index contributed by atoms with van der Waals surface area (Å²) in [5, 5.41) is 14.4. The molecule has 130 valence electrons. The highest BCUT2D eigenvalue weighted by Crippen LogP contribution is 2.40. The van der Waals surface area contributed by atoms with Crippen LogP contribution >= 0.6 is 23.4 Å². The van der Waals surface area contributed by atoms with Gasteiger partial charge in [0.2, 0.25) is 11.7 Å². The SMILES string of the molecule is CC(C)c1nnc(SCc2nc(-c3ccc(Cl)cc3)no2)n1C1CC1. The molecule has 0 aliphatic heterocycles. The van der Waals surface area contributed by atoms with E-state index in [-0.39, 0.29) is 0 Å². The van der Waals surface area contributed by atoms with Gasteiger partial charge in [-0.25, -0.2) is 0 Å². The molecule has 6 nitrogen and oxygen atoms in total. The number of aromatic nitrogens is 5. The fraction of sp³-hybridized carbons (Fsp3) is 0.412. The molecule has 25 heavy (non-hydrogen) atoms. The standard InChI is InChI=1S/C17H18ClN5OS/c1-10(2)16-20-21-17(23(16)13-7-8-13)25-9-14-19-15(22-24-14)11-3-5-12(18)6-4-11/h3-6,10,13H,7-9H2,1-2H3. The largest absolute Gasteiger partial charge is 0.338 e. The van der Waals surface area contributed by atoms with E-state index in [0.29, 0.717) is 34.5 Å². The third-order valence-electron chi connectivity index (χ3n) is 4.01. The molecule has 2 heterocycles. The molecular formula is C17H18ClN5OS. The number of halogens is 1. The zero-order valence-corrected chi connectivity index (χ0v) is 15.6. The van der Waals surface area contributed by atoms with Crippen molar-refractivity contribution < 1.29 is 4.52 Å². The summed E-state index contributed by atoms with van der Waals surface area (Å²) in [5.41, 5.74) is 0.882. The van der Waals surface area contributed by atoms with E-state index in [9.17, 15) is 0 Å². The molecule has 0 amide bonds. The first-order valence-corrected chi connectivity index (χ1v) is 9.64. The van der Waals surface area contributed by atoms with Gasteiger partial charge in [-0.15, -0.1) is 10.2 Å². The van der Waals surface area contributed by atoms with Crippen LogP contribution in [-0.2, 0) is 5.75 Å². The van der Waals surface area contributed by atoms with Gasteiger partial charge in [0.15, 0.2) is 5.16 Å². The van der Waals surface area contributed by atoms with Crippen LogP contribution in [0.2, 0.25) is 5.02 Å². The van der Waals surface area contributed by atoms with Crippen molar-refractivity contribution in [1.82, 2.24) is 24.9 Å². The molecule has 8 heteroatoms. The van der Waals surface area contributed by atoms with Gasteiger partial charge in [0.05, 0.1) is 5.75 Å². The van der Waals surface area contributed by atoms with Crippen molar-refractivity contribution in [3.05, 3.63) is 41.0 Å². The summed E-state index contributed by atoms with van der Waals surface area (Å²) in [6, 6.07) is 7.92. The molecule has 1 aliphatic rings. The first kappa shape index (κ1) is 16.6. The van der Waals surface area contributed by atoms with Crippen LogP contribution in [0.25, 0.3) is 11.4 Å². The number of nitrogens with zero attached hydrogens (tertiary/aromatic N) is 5. The molecule has 2 aromatic heterocycles. The molecule has 0 saturated heterocycles. The first-order valence-electron chi connectivity index (χ1n) is 8.28. The zero-order valence-electron chi connectivity index (χ0n) is 14.0. The third-order valence-corrected chi connectivity index (χ3v) is 5.19. The lowest BCUT2D eigenvalue weighted by atomic mass is 10.2. The summed E-state index contributed by atoms with van der Waals surface area (Å²) in [7, 11) is 0. The van der Waals surface area contributed by atoms with Crippen LogP contribution < -0.4 is 0 Å². The Hall–Kier alpha value is -1.86. The maximum atomic E-state index is 5.91. The molecule has 0 unspecified atom stereocenters. The quantitative estimate of drug-likeness (QED) is 0.580. The Balaban J connectivity index is 1.48. The molecule has 1 saturated carbocycles. The number of thioether (sulfide) groups is 1. The Morgan fingerprint density at radius 1 is 1.24 bits per heavy atom. The molecule has 1 aromatic carbocycles. The van der Waals surface area contributed by atoms with Crippen LogP contribution in [0.1, 0.15) is 50.4 Å². The second-order valence-electron chi connectivity index (χ2n) is 6.40. The lowest BCUT2D eigenvalue weighted by Crippen LogP contribution is -2.04. The second kappa shape index (κ2) is 6.80. The van der Waals surface area contributed by atoms with Gasteiger partial charge in [-0.3, -0.25) is 0 Å². The highest BCUT2D eigenvalue weighted by atomic mass is 35.5. The topological polar surface area (TPSA) is 69.6 Å². The van der Waals surface area contributed by atoms with Gasteiger partial charge in [-0.2, -0.15) is 4.98 Å². The van der Waals surface area contributed by atoms with Crippen molar-refractivity contribution in [2.75, 3.05) is 0 Å². The van der Waals surface area contributed by atoms with Crippen molar-refractivity contribution in [3.63, 3.8) is 0 Å². The van der Waals surface area contributed by atoms with E-state index in [2.05, 4.69) is 38.8 Å². The van der Waals surface area contributed by atoms with E-state index in [1.54, 1.807) is 11.8 Å². The Bertz CT molecular complexity index is 870. The van der Waals surface area contributed by atoms with Gasteiger partial charge in [0.25, 0.3) is 0 Å². The van der Waals surface area contributed by atoms with Gasteiger partial charge < -0.3 is 9.09 Å². The Kier molecular flexibility index (Phi) is 4.52. The lowest BCUT2D eigenvalue weighted by molar-refractivity contribution is 0.391. The summed E-state index contributed by atoms with van der Waals surface area (Å²) in [5.74, 6) is 3.13. The van der Waals surface area contributed by atoms with Crippen molar-refractivity contribution in [2.45, 2.75) is 49.6 Å². The predicted octanol–water partition coefficient (Wildman–Crippen LogP) is 4.73. The second-order valence-corrected chi connectivity index (χ2v) is 7.78. The van der Waals surface area contributed by atoms with Crippen LogP contribution in [0.4, 0.5) is 0 Å². The average molecular weight is 376 g/mol. The van der Waals surface area contributed by atoms with Gasteiger partial charge >= 0.3 is 0 Å². The monoisotopic (exact) mass is 375 g/mol. The Morgan fingerprint density at radius 2 is 2.00 bits per heavy atom.